The van der Waals surface area contributed by atoms with Crippen molar-refractivity contribution in [3.05, 3.63) is 82.8 Å². The summed E-state index contributed by atoms with van der Waals surface area (Å²) in [5, 5.41) is 5.39. The Bertz CT molecular complexity index is 911. The molecule has 4 rings (SSSR count). The maximum absolute atomic E-state index is 14.3. The van der Waals surface area contributed by atoms with Crippen molar-refractivity contribution < 1.29 is 14.0 Å². The molecule has 0 bridgehead atoms. The van der Waals surface area contributed by atoms with Gasteiger partial charge in [-0.05, 0) is 24.5 Å². The summed E-state index contributed by atoms with van der Waals surface area (Å²) in [6, 6.07) is 15.1. The predicted molar refractivity (Wildman–Crippen MR) is 99.2 cm³/mol. The zero-order chi connectivity index (χ0) is 18.8. The molecule has 2 N–H and O–H groups in total. The zero-order valence-corrected chi connectivity index (χ0v) is 14.7. The minimum absolute atomic E-state index is 0.154. The Hall–Kier alpha value is -3.15. The normalized spacial score (nSPS) is 19.0. The summed E-state index contributed by atoms with van der Waals surface area (Å²) in [6.07, 6.45) is 1.69. The number of amides is 3. The summed E-state index contributed by atoms with van der Waals surface area (Å²) < 4.78 is 14.3. The fraction of sp³-hybridized carbons (Fsp3) is 0.238. The number of hydrogen-bond acceptors (Lipinski definition) is 2. The van der Waals surface area contributed by atoms with Crippen LogP contribution in [0.1, 0.15) is 23.6 Å². The van der Waals surface area contributed by atoms with E-state index in [-0.39, 0.29) is 5.91 Å². The van der Waals surface area contributed by atoms with Crippen molar-refractivity contribution in [2.75, 3.05) is 13.1 Å². The van der Waals surface area contributed by atoms with E-state index in [4.69, 9.17) is 0 Å². The van der Waals surface area contributed by atoms with Crippen LogP contribution in [0.2, 0.25) is 0 Å². The third-order valence-electron chi connectivity index (χ3n) is 4.97. The van der Waals surface area contributed by atoms with E-state index >= 15 is 0 Å². The quantitative estimate of drug-likeness (QED) is 0.856. The van der Waals surface area contributed by atoms with Gasteiger partial charge in [-0.25, -0.2) is 9.18 Å². The molecule has 1 unspecified atom stereocenters. The monoisotopic (exact) mass is 365 g/mol. The highest BCUT2D eigenvalue weighted by atomic mass is 19.1. The van der Waals surface area contributed by atoms with Crippen LogP contribution in [0.3, 0.4) is 0 Å². The van der Waals surface area contributed by atoms with Gasteiger partial charge in [0.1, 0.15) is 5.82 Å². The second-order valence-corrected chi connectivity index (χ2v) is 6.76. The molecule has 0 aliphatic carbocycles. The Morgan fingerprint density at radius 1 is 1.04 bits per heavy atom. The Labute approximate surface area is 156 Å². The van der Waals surface area contributed by atoms with Gasteiger partial charge in [0.25, 0.3) is 5.91 Å². The maximum Gasteiger partial charge on any atom is 0.319 e. The minimum Gasteiger partial charge on any atom is -0.333 e. The molecular formula is C21H20FN3O2. The average Bonchev–Trinajstić information content (AvgIpc) is 2.98. The Morgan fingerprint density at radius 2 is 1.78 bits per heavy atom. The molecule has 2 aromatic carbocycles. The molecule has 0 radical (unpaired) electrons. The standard InChI is InChI=1S/C21H20FN3O2/c22-16-11-5-4-10-15(16)19-18-17(23-21(27)24-19)13-25(20(18)26)12-6-9-14-7-2-1-3-8-14/h1-5,7-8,10-11,19H,6,9,12-13H2,(H2,23,24,27). The fourth-order valence-corrected chi connectivity index (χ4v) is 3.67. The smallest absolute Gasteiger partial charge is 0.319 e. The molecule has 6 heteroatoms. The van der Waals surface area contributed by atoms with Crippen molar-refractivity contribution in [2.45, 2.75) is 18.9 Å². The lowest BCUT2D eigenvalue weighted by molar-refractivity contribution is -0.125. The highest BCUT2D eigenvalue weighted by Crippen LogP contribution is 2.33. The largest absolute Gasteiger partial charge is 0.333 e. The van der Waals surface area contributed by atoms with Crippen LogP contribution in [0, 0.1) is 5.82 Å². The Kier molecular flexibility index (Phi) is 4.62. The van der Waals surface area contributed by atoms with Gasteiger partial charge in [-0.3, -0.25) is 4.79 Å². The number of nitrogens with one attached hydrogen (secondary N) is 2. The van der Waals surface area contributed by atoms with E-state index in [1.165, 1.54) is 11.6 Å². The number of carbonyl (C=O) groups excluding carboxylic acids is 2. The molecule has 2 aliphatic rings. The Balaban J connectivity index is 1.49. The summed E-state index contributed by atoms with van der Waals surface area (Å²) in [7, 11) is 0. The van der Waals surface area contributed by atoms with Crippen LogP contribution in [0.4, 0.5) is 9.18 Å². The molecule has 0 saturated heterocycles. The van der Waals surface area contributed by atoms with Crippen molar-refractivity contribution >= 4 is 11.9 Å². The molecule has 0 saturated carbocycles. The van der Waals surface area contributed by atoms with Crippen molar-refractivity contribution in [3.8, 4) is 0 Å². The first-order valence-electron chi connectivity index (χ1n) is 9.01. The molecule has 0 aromatic heterocycles. The lowest BCUT2D eigenvalue weighted by atomic mass is 9.96. The van der Waals surface area contributed by atoms with Gasteiger partial charge in [-0.1, -0.05) is 48.5 Å². The third kappa shape index (κ3) is 3.43. The number of aryl methyl sites for hydroxylation is 1. The van der Waals surface area contributed by atoms with Crippen LogP contribution >= 0.6 is 0 Å². The van der Waals surface area contributed by atoms with Crippen LogP contribution in [-0.2, 0) is 11.2 Å². The second kappa shape index (κ2) is 7.23. The molecule has 2 heterocycles. The molecule has 5 nitrogen and oxygen atoms in total. The first-order valence-corrected chi connectivity index (χ1v) is 9.01. The Morgan fingerprint density at radius 3 is 2.56 bits per heavy atom. The van der Waals surface area contributed by atoms with Gasteiger partial charge in [0.15, 0.2) is 0 Å². The minimum atomic E-state index is -0.762. The third-order valence-corrected chi connectivity index (χ3v) is 4.97. The van der Waals surface area contributed by atoms with Gasteiger partial charge in [-0.2, -0.15) is 0 Å². The van der Waals surface area contributed by atoms with Crippen molar-refractivity contribution in [1.82, 2.24) is 15.5 Å². The van der Waals surface area contributed by atoms with Crippen LogP contribution < -0.4 is 10.6 Å². The van der Waals surface area contributed by atoms with E-state index in [1.807, 2.05) is 18.2 Å². The van der Waals surface area contributed by atoms with Crippen LogP contribution in [0.15, 0.2) is 65.9 Å². The molecule has 0 fully saturated rings. The first kappa shape index (κ1) is 17.3. The van der Waals surface area contributed by atoms with Crippen molar-refractivity contribution in [3.63, 3.8) is 0 Å². The molecule has 0 spiro atoms. The molecule has 138 valence electrons. The van der Waals surface area contributed by atoms with E-state index in [9.17, 15) is 14.0 Å². The van der Waals surface area contributed by atoms with Gasteiger partial charge in [0.05, 0.1) is 23.9 Å². The maximum atomic E-state index is 14.3. The highest BCUT2D eigenvalue weighted by molar-refractivity contribution is 6.01. The summed E-state index contributed by atoms with van der Waals surface area (Å²) in [5.74, 6) is -0.592. The number of carbonyl (C=O) groups is 2. The predicted octanol–water partition coefficient (Wildman–Crippen LogP) is 2.91. The highest BCUT2D eigenvalue weighted by Gasteiger charge is 2.40. The number of hydrogen-bond donors (Lipinski definition) is 2. The van der Waals surface area contributed by atoms with E-state index in [1.54, 1.807) is 23.1 Å². The van der Waals surface area contributed by atoms with Gasteiger partial charge in [0, 0.05) is 12.1 Å². The first-order chi connectivity index (χ1) is 13.1. The van der Waals surface area contributed by atoms with E-state index in [0.29, 0.717) is 29.9 Å². The summed E-state index contributed by atoms with van der Waals surface area (Å²) in [4.78, 5) is 26.7. The van der Waals surface area contributed by atoms with Gasteiger partial charge >= 0.3 is 6.03 Å². The lowest BCUT2D eigenvalue weighted by Crippen LogP contribution is -2.44. The van der Waals surface area contributed by atoms with Crippen molar-refractivity contribution in [2.24, 2.45) is 0 Å². The summed E-state index contributed by atoms with van der Waals surface area (Å²) >= 11 is 0. The van der Waals surface area contributed by atoms with E-state index in [2.05, 4.69) is 22.8 Å². The van der Waals surface area contributed by atoms with Gasteiger partial charge in [0.2, 0.25) is 0 Å². The average molecular weight is 365 g/mol. The van der Waals surface area contributed by atoms with Gasteiger partial charge in [-0.15, -0.1) is 0 Å². The topological polar surface area (TPSA) is 61.4 Å². The second-order valence-electron chi connectivity index (χ2n) is 6.76. The zero-order valence-electron chi connectivity index (χ0n) is 14.7. The summed E-state index contributed by atoms with van der Waals surface area (Å²) in [6.45, 7) is 0.932. The van der Waals surface area contributed by atoms with Crippen molar-refractivity contribution in [1.29, 1.82) is 0 Å². The fourth-order valence-electron chi connectivity index (χ4n) is 3.67. The molecule has 2 aliphatic heterocycles. The number of rotatable bonds is 5. The summed E-state index contributed by atoms with van der Waals surface area (Å²) in [5.41, 5.74) is 2.52. The van der Waals surface area contributed by atoms with E-state index < -0.39 is 17.9 Å². The number of benzene rings is 2. The van der Waals surface area contributed by atoms with Gasteiger partial charge < -0.3 is 15.5 Å². The molecule has 1 atom stereocenters. The SMILES string of the molecule is O=C1NC2=C(C(=O)N(CCCc3ccccc3)C2)C(c2ccccc2F)N1. The lowest BCUT2D eigenvalue weighted by Gasteiger charge is -2.25. The molecular weight excluding hydrogens is 345 g/mol. The molecule has 3 amide bonds. The number of halogens is 1. The molecule has 27 heavy (non-hydrogen) atoms. The van der Waals surface area contributed by atoms with E-state index in [0.717, 1.165) is 12.8 Å². The number of urea groups is 1. The van der Waals surface area contributed by atoms with Crippen LogP contribution in [-0.4, -0.2) is 29.9 Å². The van der Waals surface area contributed by atoms with Crippen LogP contribution in [0.5, 0.6) is 0 Å². The van der Waals surface area contributed by atoms with Crippen LogP contribution in [0.25, 0.3) is 0 Å². The number of nitrogens with zero attached hydrogens (tertiary/aromatic N) is 1. The molecule has 2 aromatic rings.